The number of pyridine rings is 1. The number of amides is 2. The van der Waals surface area contributed by atoms with Crippen LogP contribution in [-0.4, -0.2) is 53.4 Å². The molecule has 0 bridgehead atoms. The fourth-order valence-electron chi connectivity index (χ4n) is 3.52. The van der Waals surface area contributed by atoms with E-state index in [4.69, 9.17) is 9.72 Å². The molecule has 172 valence electrons. The summed E-state index contributed by atoms with van der Waals surface area (Å²) in [5.41, 5.74) is 2.88. The molecule has 0 aliphatic carbocycles. The van der Waals surface area contributed by atoms with Crippen molar-refractivity contribution in [1.29, 1.82) is 0 Å². The molecule has 7 nitrogen and oxygen atoms in total. The third-order valence-electron chi connectivity index (χ3n) is 5.03. The van der Waals surface area contributed by atoms with Gasteiger partial charge in [0.25, 0.3) is 5.91 Å². The number of nitrogens with one attached hydrogen (secondary N) is 1. The molecular weight excluding hydrogens is 418 g/mol. The molecule has 1 aromatic heterocycles. The zero-order valence-electron chi connectivity index (χ0n) is 19.6. The van der Waals surface area contributed by atoms with E-state index in [1.165, 1.54) is 11.9 Å². The van der Waals surface area contributed by atoms with Crippen LogP contribution in [0.1, 0.15) is 36.7 Å². The fourth-order valence-corrected chi connectivity index (χ4v) is 3.52. The maximum atomic E-state index is 13.1. The van der Waals surface area contributed by atoms with E-state index in [1.54, 1.807) is 0 Å². The molecule has 2 aromatic carbocycles. The van der Waals surface area contributed by atoms with Gasteiger partial charge in [-0.25, -0.2) is 9.78 Å². The van der Waals surface area contributed by atoms with Gasteiger partial charge in [0.05, 0.1) is 23.3 Å². The minimum atomic E-state index is -0.607. The van der Waals surface area contributed by atoms with Crippen molar-refractivity contribution < 1.29 is 19.1 Å². The van der Waals surface area contributed by atoms with Crippen LogP contribution in [0.5, 0.6) is 0 Å². The summed E-state index contributed by atoms with van der Waals surface area (Å²) in [5.74, 6) is -1.36. The maximum absolute atomic E-state index is 13.1. The van der Waals surface area contributed by atoms with Crippen LogP contribution in [0.4, 0.5) is 0 Å². The van der Waals surface area contributed by atoms with Crippen molar-refractivity contribution >= 4 is 28.7 Å². The third-order valence-corrected chi connectivity index (χ3v) is 5.03. The Morgan fingerprint density at radius 1 is 1.00 bits per heavy atom. The number of likely N-dealkylation sites (N-methyl/N-ethyl adjacent to an activating group) is 1. The highest BCUT2D eigenvalue weighted by molar-refractivity contribution is 6.07. The molecule has 3 aromatic rings. The van der Waals surface area contributed by atoms with Gasteiger partial charge in [0.15, 0.2) is 6.61 Å². The van der Waals surface area contributed by atoms with Crippen LogP contribution in [0.15, 0.2) is 54.6 Å². The van der Waals surface area contributed by atoms with E-state index in [0.29, 0.717) is 27.7 Å². The highest BCUT2D eigenvalue weighted by Gasteiger charge is 2.22. The van der Waals surface area contributed by atoms with Gasteiger partial charge < -0.3 is 15.0 Å². The van der Waals surface area contributed by atoms with Crippen molar-refractivity contribution in [2.75, 3.05) is 20.2 Å². The predicted octanol–water partition coefficient (Wildman–Crippen LogP) is 3.74. The number of esters is 1. The molecule has 0 saturated heterocycles. The second kappa shape index (κ2) is 9.81. The first-order valence-corrected chi connectivity index (χ1v) is 10.7. The van der Waals surface area contributed by atoms with Gasteiger partial charge in [-0.2, -0.15) is 0 Å². The molecule has 33 heavy (non-hydrogen) atoms. The molecule has 0 saturated carbocycles. The number of para-hydroxylation sites is 1. The molecule has 0 fully saturated rings. The number of hydrogen-bond acceptors (Lipinski definition) is 5. The Kier molecular flexibility index (Phi) is 7.11. The van der Waals surface area contributed by atoms with Crippen LogP contribution in [0.3, 0.4) is 0 Å². The first-order valence-electron chi connectivity index (χ1n) is 10.7. The molecule has 0 aliphatic rings. The van der Waals surface area contributed by atoms with Gasteiger partial charge in [-0.05, 0) is 39.3 Å². The van der Waals surface area contributed by atoms with E-state index < -0.39 is 24.0 Å². The van der Waals surface area contributed by atoms with Crippen molar-refractivity contribution in [2.24, 2.45) is 0 Å². The fraction of sp³-hybridized carbons (Fsp3) is 0.308. The van der Waals surface area contributed by atoms with Crippen molar-refractivity contribution in [2.45, 2.75) is 33.2 Å². The summed E-state index contributed by atoms with van der Waals surface area (Å²) in [6.45, 7) is 6.82. The first-order chi connectivity index (χ1) is 15.6. The average Bonchev–Trinajstić information content (AvgIpc) is 2.76. The van der Waals surface area contributed by atoms with Crippen LogP contribution >= 0.6 is 0 Å². The number of aromatic nitrogens is 1. The lowest BCUT2D eigenvalue weighted by molar-refractivity contribution is -0.137. The molecule has 2 amide bonds. The number of fused-ring (bicyclic) bond motifs is 1. The zero-order chi connectivity index (χ0) is 24.2. The Hall–Kier alpha value is -3.74. The van der Waals surface area contributed by atoms with Gasteiger partial charge in [0, 0.05) is 23.5 Å². The summed E-state index contributed by atoms with van der Waals surface area (Å²) in [5, 5.41) is 3.45. The van der Waals surface area contributed by atoms with Crippen LogP contribution in [0, 0.1) is 6.92 Å². The van der Waals surface area contributed by atoms with E-state index in [0.717, 1.165) is 5.56 Å². The molecular formula is C26H29N3O4. The highest BCUT2D eigenvalue weighted by atomic mass is 16.5. The summed E-state index contributed by atoms with van der Waals surface area (Å²) in [6.07, 6.45) is 0. The molecule has 0 radical (unpaired) electrons. The van der Waals surface area contributed by atoms with Crippen LogP contribution in [0.2, 0.25) is 0 Å². The molecule has 0 spiro atoms. The summed E-state index contributed by atoms with van der Waals surface area (Å²) in [7, 11) is 1.50. The predicted molar refractivity (Wildman–Crippen MR) is 128 cm³/mol. The second-order valence-corrected chi connectivity index (χ2v) is 8.97. The third kappa shape index (κ3) is 5.94. The molecule has 0 atom stereocenters. The minimum absolute atomic E-state index is 0.122. The van der Waals surface area contributed by atoms with Gasteiger partial charge >= 0.3 is 5.97 Å². The van der Waals surface area contributed by atoms with Gasteiger partial charge in [-0.1, -0.05) is 48.5 Å². The number of carbonyl (C=O) groups is 3. The second-order valence-electron chi connectivity index (χ2n) is 8.97. The molecule has 7 heteroatoms. The monoisotopic (exact) mass is 447 g/mol. The van der Waals surface area contributed by atoms with Gasteiger partial charge in [-0.3, -0.25) is 9.59 Å². The number of benzene rings is 2. The summed E-state index contributed by atoms with van der Waals surface area (Å²) < 4.78 is 5.38. The number of nitrogens with zero attached hydrogens (tertiary/aromatic N) is 2. The van der Waals surface area contributed by atoms with Crippen LogP contribution in [0.25, 0.3) is 22.2 Å². The largest absolute Gasteiger partial charge is 0.452 e. The Bertz CT molecular complexity index is 1180. The van der Waals surface area contributed by atoms with Crippen molar-refractivity contribution in [1.82, 2.24) is 15.2 Å². The Morgan fingerprint density at radius 3 is 2.30 bits per heavy atom. The topological polar surface area (TPSA) is 88.6 Å². The van der Waals surface area contributed by atoms with Gasteiger partial charge in [0.2, 0.25) is 5.91 Å². The van der Waals surface area contributed by atoms with E-state index in [1.807, 2.05) is 82.3 Å². The summed E-state index contributed by atoms with van der Waals surface area (Å²) in [4.78, 5) is 43.6. The quantitative estimate of drug-likeness (QED) is 0.582. The Balaban J connectivity index is 1.80. The van der Waals surface area contributed by atoms with Crippen molar-refractivity contribution in [3.05, 3.63) is 65.7 Å². The summed E-state index contributed by atoms with van der Waals surface area (Å²) >= 11 is 0. The number of rotatable bonds is 6. The molecule has 3 rings (SSSR count). The lowest BCUT2D eigenvalue weighted by Gasteiger charge is -2.23. The first kappa shape index (κ1) is 23.9. The van der Waals surface area contributed by atoms with Gasteiger partial charge in [-0.15, -0.1) is 0 Å². The number of hydrogen-bond donors (Lipinski definition) is 1. The van der Waals surface area contributed by atoms with Gasteiger partial charge in [0.1, 0.15) is 0 Å². The van der Waals surface area contributed by atoms with E-state index in [2.05, 4.69) is 5.32 Å². The normalized spacial score (nSPS) is 11.2. The lowest BCUT2D eigenvalue weighted by Crippen LogP contribution is -2.46. The van der Waals surface area contributed by atoms with Crippen LogP contribution in [-0.2, 0) is 14.3 Å². The molecule has 1 N–H and O–H groups in total. The van der Waals surface area contributed by atoms with Crippen molar-refractivity contribution in [3.63, 3.8) is 0 Å². The highest BCUT2D eigenvalue weighted by Crippen LogP contribution is 2.30. The van der Waals surface area contributed by atoms with E-state index >= 15 is 0 Å². The molecule has 0 aliphatic heterocycles. The summed E-state index contributed by atoms with van der Waals surface area (Å²) in [6, 6.07) is 16.9. The minimum Gasteiger partial charge on any atom is -0.452 e. The zero-order valence-corrected chi connectivity index (χ0v) is 19.6. The number of carbonyl (C=O) groups excluding carboxylic acids is 3. The van der Waals surface area contributed by atoms with Crippen molar-refractivity contribution in [3.8, 4) is 11.3 Å². The Morgan fingerprint density at radius 2 is 1.64 bits per heavy atom. The molecule has 0 unspecified atom stereocenters. The van der Waals surface area contributed by atoms with E-state index in [-0.39, 0.29) is 12.5 Å². The molecule has 1 heterocycles. The smallest absolute Gasteiger partial charge is 0.339 e. The van der Waals surface area contributed by atoms with E-state index in [9.17, 15) is 14.4 Å². The average molecular weight is 448 g/mol. The Labute approximate surface area is 193 Å². The maximum Gasteiger partial charge on any atom is 0.339 e. The number of ether oxygens (including phenoxy) is 1. The van der Waals surface area contributed by atoms with Crippen LogP contribution < -0.4 is 5.32 Å². The SMILES string of the molecule is Cc1c(-c2ccccc2)nc2ccccc2c1C(=O)OCC(=O)N(C)CC(=O)NC(C)(C)C. The standard InChI is InChI=1S/C26H29N3O4/c1-17-23(25(32)33-16-22(31)29(5)15-21(30)28-26(2,3)4)19-13-9-10-14-20(19)27-24(17)18-11-7-6-8-12-18/h6-14H,15-16H2,1-5H3,(H,28,30). The lowest BCUT2D eigenvalue weighted by atomic mass is 9.98.